The van der Waals surface area contributed by atoms with Crippen LogP contribution in [0.25, 0.3) is 11.1 Å². The number of hydrogen-bond acceptors (Lipinski definition) is 8. The van der Waals surface area contributed by atoms with E-state index in [2.05, 4.69) is 0 Å². The average molecular weight is 735 g/mol. The summed E-state index contributed by atoms with van der Waals surface area (Å²) < 4.78 is 98.8. The van der Waals surface area contributed by atoms with Gasteiger partial charge in [-0.05, 0) is 70.8 Å². The molecule has 4 aromatic carbocycles. The molecule has 0 bridgehead atoms. The van der Waals surface area contributed by atoms with Crippen LogP contribution in [-0.2, 0) is 24.6 Å². The van der Waals surface area contributed by atoms with E-state index in [1.807, 2.05) is 10.6 Å². The number of rotatable bonds is 8. The van der Waals surface area contributed by atoms with Crippen molar-refractivity contribution in [3.05, 3.63) is 143 Å². The van der Waals surface area contributed by atoms with Gasteiger partial charge in [0.15, 0.2) is 0 Å². The molecular weight excluding hydrogens is 714 g/mol. The van der Waals surface area contributed by atoms with E-state index in [1.54, 1.807) is 0 Å². The molecule has 0 radical (unpaired) electrons. The van der Waals surface area contributed by atoms with Crippen LogP contribution >= 0.6 is 0 Å². The number of alkyl halides is 6. The molecule has 268 valence electrons. The normalized spacial score (nSPS) is 14.7. The maximum atomic E-state index is 14.7. The van der Waals surface area contributed by atoms with Gasteiger partial charge in [0.25, 0.3) is 23.6 Å². The highest BCUT2D eigenvalue weighted by Crippen LogP contribution is 2.56. The minimum atomic E-state index is -5.96. The molecule has 2 aliphatic rings. The average Bonchev–Trinajstić information content (AvgIpc) is 3.63. The highest BCUT2D eigenvalue weighted by Gasteiger charge is 2.72. The first-order chi connectivity index (χ1) is 25.0. The fraction of sp³-hybridized carbons (Fsp3) is 0.0811. The van der Waals surface area contributed by atoms with E-state index in [9.17, 15) is 55.1 Å². The highest BCUT2D eigenvalue weighted by molar-refractivity contribution is 6.34. The molecule has 4 aromatic rings. The van der Waals surface area contributed by atoms with E-state index < -0.39 is 76.0 Å². The molecule has 2 N–H and O–H groups in total. The van der Waals surface area contributed by atoms with Crippen molar-refractivity contribution >= 4 is 46.7 Å². The molecule has 0 unspecified atom stereocenters. The second-order valence-electron chi connectivity index (χ2n) is 11.5. The van der Waals surface area contributed by atoms with Crippen molar-refractivity contribution in [3.8, 4) is 11.5 Å². The molecule has 4 amide bonds. The lowest BCUT2D eigenvalue weighted by molar-refractivity contribution is -0.288. The third-order valence-corrected chi connectivity index (χ3v) is 8.18. The van der Waals surface area contributed by atoms with E-state index in [-0.39, 0.29) is 33.4 Å². The van der Waals surface area contributed by atoms with Crippen molar-refractivity contribution in [2.75, 3.05) is 0 Å². The Morgan fingerprint density at radius 1 is 0.509 bits per heavy atom. The predicted octanol–water partition coefficient (Wildman–Crippen LogP) is 5.62. The number of carbonyl (C=O) groups is 6. The predicted molar refractivity (Wildman–Crippen MR) is 171 cm³/mol. The summed E-state index contributed by atoms with van der Waals surface area (Å²) in [5, 5.41) is 4.09. The molecule has 2 aliphatic heterocycles. The van der Waals surface area contributed by atoms with Crippen LogP contribution in [0.15, 0.2) is 109 Å². The van der Waals surface area contributed by atoms with Gasteiger partial charge in [-0.2, -0.15) is 26.3 Å². The van der Waals surface area contributed by atoms with Gasteiger partial charge < -0.3 is 9.47 Å². The van der Waals surface area contributed by atoms with E-state index >= 15 is 0 Å². The van der Waals surface area contributed by atoms with Gasteiger partial charge in [-0.25, -0.2) is 9.59 Å². The van der Waals surface area contributed by atoms with Gasteiger partial charge >= 0.3 is 24.3 Å². The maximum absolute atomic E-state index is 14.7. The van der Waals surface area contributed by atoms with Gasteiger partial charge in [0, 0.05) is 12.2 Å². The summed E-state index contributed by atoms with van der Waals surface area (Å²) in [7, 11) is 0. The Labute approximate surface area is 293 Å². The largest absolute Gasteiger partial charge is 0.423 e. The lowest BCUT2D eigenvalue weighted by Gasteiger charge is -2.38. The zero-order chi connectivity index (χ0) is 38.3. The van der Waals surface area contributed by atoms with Crippen LogP contribution in [0.2, 0.25) is 0 Å². The Morgan fingerprint density at radius 2 is 0.868 bits per heavy atom. The minimum absolute atomic E-state index is 0.0328. The van der Waals surface area contributed by atoms with Gasteiger partial charge in [-0.3, -0.25) is 29.8 Å². The molecule has 0 aromatic heterocycles. The molecule has 0 atom stereocenters. The Bertz CT molecular complexity index is 2110. The van der Waals surface area contributed by atoms with Crippen molar-refractivity contribution in [3.63, 3.8) is 0 Å². The van der Waals surface area contributed by atoms with Gasteiger partial charge in [-0.1, -0.05) is 48.5 Å². The number of halogens is 6. The van der Waals surface area contributed by atoms with Crippen LogP contribution in [0.5, 0.6) is 11.5 Å². The van der Waals surface area contributed by atoms with Crippen LogP contribution in [0, 0.1) is 0 Å². The van der Waals surface area contributed by atoms with Crippen LogP contribution in [0.1, 0.15) is 43.0 Å². The number of esters is 2. The summed E-state index contributed by atoms with van der Waals surface area (Å²) in [6.07, 6.45) is -9.90. The van der Waals surface area contributed by atoms with Crippen LogP contribution in [0.3, 0.4) is 0 Å². The number of ether oxygens (including phenoxy) is 2. The standard InChI is InChI=1S/C37H20F6N2O8/c38-36(39,40)35(37(41,42)43,23-7-11-25(12-8-23)52-33(50)21-5-1-3-19(15-21)27-17-29(46)44-31(27)48)24-9-13-26(14-10-24)53-34(51)22-6-2-4-20(16-22)28-18-30(47)45-32(28)49/h1-18H,(H,44,46,48)(H,45,47,49). The van der Waals surface area contributed by atoms with Crippen molar-refractivity contribution in [2.24, 2.45) is 0 Å². The number of carbonyl (C=O) groups excluding carboxylic acids is 6. The zero-order valence-electron chi connectivity index (χ0n) is 26.4. The third-order valence-electron chi connectivity index (χ3n) is 8.18. The first-order valence-corrected chi connectivity index (χ1v) is 15.1. The summed E-state index contributed by atoms with van der Waals surface area (Å²) in [5.41, 5.74) is -7.11. The second-order valence-corrected chi connectivity index (χ2v) is 11.5. The highest BCUT2D eigenvalue weighted by atomic mass is 19.4. The first kappa shape index (κ1) is 36.0. The maximum Gasteiger partial charge on any atom is 0.411 e. The molecule has 10 nitrogen and oxygen atoms in total. The van der Waals surface area contributed by atoms with Crippen molar-refractivity contribution < 1.29 is 64.6 Å². The van der Waals surface area contributed by atoms with Gasteiger partial charge in [-0.15, -0.1) is 0 Å². The van der Waals surface area contributed by atoms with Crippen molar-refractivity contribution in [2.45, 2.75) is 17.8 Å². The lowest BCUT2D eigenvalue weighted by atomic mass is 9.73. The second kappa shape index (κ2) is 13.4. The third kappa shape index (κ3) is 6.81. The van der Waals surface area contributed by atoms with E-state index in [0.717, 1.165) is 36.4 Å². The monoisotopic (exact) mass is 734 g/mol. The number of nitrogens with one attached hydrogen (secondary N) is 2. The Kier molecular flexibility index (Phi) is 9.07. The minimum Gasteiger partial charge on any atom is -0.423 e. The van der Waals surface area contributed by atoms with E-state index in [4.69, 9.17) is 9.47 Å². The summed E-state index contributed by atoms with van der Waals surface area (Å²) >= 11 is 0. The lowest BCUT2D eigenvalue weighted by Crippen LogP contribution is -2.54. The molecule has 53 heavy (non-hydrogen) atoms. The topological polar surface area (TPSA) is 145 Å². The number of imide groups is 2. The van der Waals surface area contributed by atoms with Crippen LogP contribution in [0.4, 0.5) is 26.3 Å². The molecule has 0 spiro atoms. The van der Waals surface area contributed by atoms with E-state index in [1.165, 1.54) is 48.5 Å². The number of hydrogen-bond donors (Lipinski definition) is 2. The Hall–Kier alpha value is -6.84. The van der Waals surface area contributed by atoms with Crippen LogP contribution < -0.4 is 20.1 Å². The summed E-state index contributed by atoms with van der Waals surface area (Å²) in [4.78, 5) is 72.6. The van der Waals surface area contributed by atoms with Crippen molar-refractivity contribution in [1.29, 1.82) is 0 Å². The summed E-state index contributed by atoms with van der Waals surface area (Å²) in [6.45, 7) is 0. The van der Waals surface area contributed by atoms with Gasteiger partial charge in [0.05, 0.1) is 22.3 Å². The van der Waals surface area contributed by atoms with Crippen LogP contribution in [-0.4, -0.2) is 47.9 Å². The molecule has 6 rings (SSSR count). The Morgan fingerprint density at radius 3 is 1.17 bits per heavy atom. The molecule has 0 fully saturated rings. The SMILES string of the molecule is O=C1C=C(c2cccc(C(=O)Oc3ccc(C(c4ccc(OC(=O)c5cccc(C6=CC(=O)NC6=O)c5)cc4)(C(F)(F)F)C(F)(F)F)cc3)c2)C(=O)N1. The fourth-order valence-corrected chi connectivity index (χ4v) is 5.74. The molecular formula is C37H20F6N2O8. The molecule has 0 aliphatic carbocycles. The van der Waals surface area contributed by atoms with Crippen molar-refractivity contribution in [1.82, 2.24) is 10.6 Å². The summed E-state index contributed by atoms with van der Waals surface area (Å²) in [5.74, 6) is -5.68. The van der Waals surface area contributed by atoms with E-state index in [0.29, 0.717) is 24.3 Å². The smallest absolute Gasteiger partial charge is 0.411 e. The summed E-state index contributed by atoms with van der Waals surface area (Å²) in [6, 6.07) is 15.6. The fourth-order valence-electron chi connectivity index (χ4n) is 5.74. The van der Waals surface area contributed by atoms with Gasteiger partial charge in [0.1, 0.15) is 11.5 Å². The molecule has 0 saturated carbocycles. The number of benzene rings is 4. The molecule has 2 heterocycles. The quantitative estimate of drug-likeness (QED) is 0.103. The Balaban J connectivity index is 1.24. The molecule has 16 heteroatoms. The zero-order valence-corrected chi connectivity index (χ0v) is 26.4. The van der Waals surface area contributed by atoms with Gasteiger partial charge in [0.2, 0.25) is 5.41 Å². The molecule has 0 saturated heterocycles. The first-order valence-electron chi connectivity index (χ1n) is 15.1. The number of amides is 4.